The number of piperidine rings is 1. The molecule has 2 N–H and O–H groups in total. The minimum Gasteiger partial charge on any atom is -0.343 e. The normalized spacial score (nSPS) is 15.7. The number of hydrogen-bond donors (Lipinski definition) is 1. The van der Waals surface area contributed by atoms with Crippen LogP contribution < -0.4 is 5.73 Å². The lowest BCUT2D eigenvalue weighted by Crippen LogP contribution is -2.40. The number of nitrogens with two attached hydrogens (primary N) is 1. The molecule has 0 radical (unpaired) electrons. The Morgan fingerprint density at radius 2 is 1.86 bits per heavy atom. The third kappa shape index (κ3) is 4.54. The Morgan fingerprint density at radius 1 is 1.21 bits per heavy atom. The maximum atomic E-state index is 12.8. The highest BCUT2D eigenvalue weighted by molar-refractivity contribution is 5.85. The van der Waals surface area contributed by atoms with Gasteiger partial charge < -0.3 is 10.6 Å². The molecule has 1 saturated heterocycles. The van der Waals surface area contributed by atoms with E-state index in [4.69, 9.17) is 5.73 Å². The van der Waals surface area contributed by atoms with Crippen molar-refractivity contribution in [2.24, 2.45) is 11.7 Å². The fraction of sp³-hybridized carbons (Fsp3) is 0.647. The van der Waals surface area contributed by atoms with Crippen LogP contribution in [0.3, 0.4) is 0 Å². The van der Waals surface area contributed by atoms with Crippen molar-refractivity contribution in [3.8, 4) is 0 Å². The van der Waals surface area contributed by atoms with Crippen molar-refractivity contribution in [2.75, 3.05) is 19.6 Å². The Balaban J connectivity index is 0.00000280. The molecule has 11 heteroatoms. The number of rotatable bonds is 4. The Kier molecular flexibility index (Phi) is 6.87. The van der Waals surface area contributed by atoms with Crippen LogP contribution in [0.1, 0.15) is 42.0 Å². The molecule has 2 aromatic rings. The summed E-state index contributed by atoms with van der Waals surface area (Å²) >= 11 is 0. The molecule has 1 aliphatic heterocycles. The zero-order valence-electron chi connectivity index (χ0n) is 15.8. The van der Waals surface area contributed by atoms with Gasteiger partial charge in [-0.2, -0.15) is 18.2 Å². The summed E-state index contributed by atoms with van der Waals surface area (Å²) in [5.74, 6) is -0.788. The van der Waals surface area contributed by atoms with Crippen LogP contribution >= 0.6 is 12.4 Å². The average molecular weight is 421 g/mol. The van der Waals surface area contributed by atoms with Gasteiger partial charge in [-0.1, -0.05) is 0 Å². The van der Waals surface area contributed by atoms with E-state index in [-0.39, 0.29) is 30.5 Å². The number of aromatic nitrogens is 4. The van der Waals surface area contributed by atoms with E-state index in [1.54, 1.807) is 13.8 Å². The van der Waals surface area contributed by atoms with Gasteiger partial charge in [0.05, 0.1) is 0 Å². The Labute approximate surface area is 166 Å². The molecule has 2 aromatic heterocycles. The number of carbonyl (C=O) groups is 1. The summed E-state index contributed by atoms with van der Waals surface area (Å²) in [4.78, 5) is 21.9. The van der Waals surface area contributed by atoms with Gasteiger partial charge in [-0.3, -0.25) is 4.79 Å². The van der Waals surface area contributed by atoms with E-state index >= 15 is 0 Å². The molecule has 7 nitrogen and oxygen atoms in total. The number of amides is 1. The number of alkyl halides is 3. The number of aryl methyl sites for hydroxylation is 2. The summed E-state index contributed by atoms with van der Waals surface area (Å²) in [6.45, 7) is 5.43. The minimum absolute atomic E-state index is 0. The minimum atomic E-state index is -4.63. The van der Waals surface area contributed by atoms with Gasteiger partial charge in [0.2, 0.25) is 5.91 Å². The molecule has 1 fully saturated rings. The van der Waals surface area contributed by atoms with Gasteiger partial charge in [-0.15, -0.1) is 17.5 Å². The lowest BCUT2D eigenvalue weighted by atomic mass is 9.96. The standard InChI is InChI=1S/C17H23F3N6O.ClH/c1-10-13(3-4-14(27)25-7-5-12(9-21)6-8-25)11(2)26-16(22-10)23-15(24-26)17(18,19)20;/h12H,3-9,21H2,1-2H3;1H. The van der Waals surface area contributed by atoms with Gasteiger partial charge in [-0.05, 0) is 51.1 Å². The highest BCUT2D eigenvalue weighted by Crippen LogP contribution is 2.27. The number of nitrogens with zero attached hydrogens (tertiary/aromatic N) is 5. The number of hydrogen-bond acceptors (Lipinski definition) is 5. The quantitative estimate of drug-likeness (QED) is 0.819. The van der Waals surface area contributed by atoms with Crippen molar-refractivity contribution in [2.45, 2.75) is 45.7 Å². The first kappa shape index (κ1) is 22.4. The van der Waals surface area contributed by atoms with E-state index in [0.29, 0.717) is 43.4 Å². The lowest BCUT2D eigenvalue weighted by molar-refractivity contribution is -0.144. The topological polar surface area (TPSA) is 89.4 Å². The van der Waals surface area contributed by atoms with Gasteiger partial charge in [-0.25, -0.2) is 9.50 Å². The molecule has 0 atom stereocenters. The summed E-state index contributed by atoms with van der Waals surface area (Å²) in [7, 11) is 0. The number of fused-ring (bicyclic) bond motifs is 1. The van der Waals surface area contributed by atoms with Crippen LogP contribution in [0.25, 0.3) is 5.78 Å². The molecule has 3 heterocycles. The lowest BCUT2D eigenvalue weighted by Gasteiger charge is -2.31. The molecule has 1 amide bonds. The van der Waals surface area contributed by atoms with E-state index in [0.717, 1.165) is 22.9 Å². The van der Waals surface area contributed by atoms with Crippen molar-refractivity contribution in [3.63, 3.8) is 0 Å². The molecule has 0 aromatic carbocycles. The predicted octanol–water partition coefficient (Wildman–Crippen LogP) is 2.31. The molecule has 1 aliphatic rings. The van der Waals surface area contributed by atoms with Crippen molar-refractivity contribution in [1.29, 1.82) is 0 Å². The van der Waals surface area contributed by atoms with Crippen LogP contribution in [0, 0.1) is 19.8 Å². The molecule has 0 spiro atoms. The van der Waals surface area contributed by atoms with Gasteiger partial charge in [0.25, 0.3) is 11.6 Å². The summed E-state index contributed by atoms with van der Waals surface area (Å²) in [6, 6.07) is 0. The van der Waals surface area contributed by atoms with E-state index < -0.39 is 12.0 Å². The molecule has 0 saturated carbocycles. The maximum absolute atomic E-state index is 12.8. The van der Waals surface area contributed by atoms with E-state index in [1.165, 1.54) is 0 Å². The molecule has 156 valence electrons. The average Bonchev–Trinajstić information content (AvgIpc) is 3.06. The first-order valence-corrected chi connectivity index (χ1v) is 8.98. The Bertz CT molecular complexity index is 846. The highest BCUT2D eigenvalue weighted by atomic mass is 35.5. The zero-order chi connectivity index (χ0) is 19.8. The number of carbonyl (C=O) groups excluding carboxylic acids is 1. The van der Waals surface area contributed by atoms with Gasteiger partial charge in [0.1, 0.15) is 0 Å². The smallest absolute Gasteiger partial charge is 0.343 e. The second kappa shape index (κ2) is 8.60. The van der Waals surface area contributed by atoms with Crippen LogP contribution in [0.15, 0.2) is 0 Å². The zero-order valence-corrected chi connectivity index (χ0v) is 16.6. The molecule has 0 bridgehead atoms. The van der Waals surface area contributed by atoms with Crippen molar-refractivity contribution >= 4 is 24.1 Å². The number of halogens is 4. The van der Waals surface area contributed by atoms with Crippen molar-refractivity contribution < 1.29 is 18.0 Å². The first-order valence-electron chi connectivity index (χ1n) is 8.98. The summed E-state index contributed by atoms with van der Waals surface area (Å²) in [5.41, 5.74) is 7.49. The molecule has 0 unspecified atom stereocenters. The molecule has 28 heavy (non-hydrogen) atoms. The van der Waals surface area contributed by atoms with Crippen LogP contribution in [-0.2, 0) is 17.4 Å². The van der Waals surface area contributed by atoms with E-state index in [9.17, 15) is 18.0 Å². The largest absolute Gasteiger partial charge is 0.453 e. The first-order chi connectivity index (χ1) is 12.7. The fourth-order valence-electron chi connectivity index (χ4n) is 3.50. The van der Waals surface area contributed by atoms with Crippen molar-refractivity contribution in [3.05, 3.63) is 22.8 Å². The van der Waals surface area contributed by atoms with Gasteiger partial charge >= 0.3 is 6.18 Å². The van der Waals surface area contributed by atoms with Crippen LogP contribution in [-0.4, -0.2) is 50.0 Å². The Morgan fingerprint density at radius 3 is 2.43 bits per heavy atom. The van der Waals surface area contributed by atoms with Crippen LogP contribution in [0.4, 0.5) is 13.2 Å². The molecule has 3 rings (SSSR count). The third-order valence-corrected chi connectivity index (χ3v) is 5.19. The van der Waals surface area contributed by atoms with E-state index in [2.05, 4.69) is 15.1 Å². The molecular weight excluding hydrogens is 397 g/mol. The van der Waals surface area contributed by atoms with Crippen molar-refractivity contribution in [1.82, 2.24) is 24.5 Å². The Hall–Kier alpha value is -1.94. The summed E-state index contributed by atoms with van der Waals surface area (Å²) in [6.07, 6.45) is -2.12. The summed E-state index contributed by atoms with van der Waals surface area (Å²) < 4.78 is 39.6. The SMILES string of the molecule is Cc1nc2nc(C(F)(F)F)nn2c(C)c1CCC(=O)N1CCC(CN)CC1.Cl. The molecule has 0 aliphatic carbocycles. The monoisotopic (exact) mass is 420 g/mol. The van der Waals surface area contributed by atoms with E-state index in [1.807, 2.05) is 4.90 Å². The highest BCUT2D eigenvalue weighted by Gasteiger charge is 2.37. The summed E-state index contributed by atoms with van der Waals surface area (Å²) in [5, 5.41) is 3.53. The fourth-order valence-corrected chi connectivity index (χ4v) is 3.50. The second-order valence-electron chi connectivity index (χ2n) is 6.97. The van der Waals surface area contributed by atoms with Crippen LogP contribution in [0.5, 0.6) is 0 Å². The van der Waals surface area contributed by atoms with Gasteiger partial charge in [0.15, 0.2) is 0 Å². The third-order valence-electron chi connectivity index (χ3n) is 5.19. The predicted molar refractivity (Wildman–Crippen MR) is 99.2 cm³/mol. The van der Waals surface area contributed by atoms with Crippen LogP contribution in [0.2, 0.25) is 0 Å². The molecular formula is C17H24ClF3N6O. The second-order valence-corrected chi connectivity index (χ2v) is 6.97. The number of likely N-dealkylation sites (tertiary alicyclic amines) is 1. The van der Waals surface area contributed by atoms with Gasteiger partial charge in [0, 0.05) is 30.9 Å². The maximum Gasteiger partial charge on any atom is 0.453 e.